The average molecular weight is 541 g/mol. The van der Waals surface area contributed by atoms with E-state index in [0.717, 1.165) is 0 Å². The fourth-order valence-electron chi connectivity index (χ4n) is 3.48. The quantitative estimate of drug-likeness (QED) is 0.409. The van der Waals surface area contributed by atoms with Crippen molar-refractivity contribution in [2.75, 3.05) is 18.4 Å². The standard InChI is InChI=1S/C20H24F4IN3O2/c1-19(2,3)30-18(29)27-8-7-15(13(21)10-27)26-14-5-4-6-16-12(14)9-17(25)28(16)11-20(22,23)24/h4-6,9,13,15,26H,7-8,10-11H2,1-3H3/t13-,15?/m1/s1. The van der Waals surface area contributed by atoms with Crippen molar-refractivity contribution in [1.82, 2.24) is 9.47 Å². The van der Waals surface area contributed by atoms with Crippen molar-refractivity contribution < 1.29 is 27.1 Å². The third kappa shape index (κ3) is 5.50. The fourth-order valence-corrected chi connectivity index (χ4v) is 4.22. The second-order valence-corrected chi connectivity index (χ2v) is 9.49. The molecule has 3 rings (SSSR count). The monoisotopic (exact) mass is 541 g/mol. The molecule has 1 aliphatic rings. The topological polar surface area (TPSA) is 46.5 Å². The van der Waals surface area contributed by atoms with Crippen molar-refractivity contribution in [3.05, 3.63) is 28.0 Å². The first-order valence-corrected chi connectivity index (χ1v) is 10.6. The number of rotatable bonds is 3. The molecule has 2 atom stereocenters. The summed E-state index contributed by atoms with van der Waals surface area (Å²) in [7, 11) is 0. The van der Waals surface area contributed by atoms with Crippen molar-refractivity contribution in [3.8, 4) is 0 Å². The maximum Gasteiger partial charge on any atom is 0.410 e. The van der Waals surface area contributed by atoms with Gasteiger partial charge >= 0.3 is 12.3 Å². The summed E-state index contributed by atoms with van der Waals surface area (Å²) in [5.74, 6) is 0. The van der Waals surface area contributed by atoms with E-state index < -0.39 is 36.6 Å². The Morgan fingerprint density at radius 1 is 1.30 bits per heavy atom. The molecule has 0 spiro atoms. The summed E-state index contributed by atoms with van der Waals surface area (Å²) in [5.41, 5.74) is 0.349. The Hall–Kier alpha value is -1.72. The SMILES string of the molecule is CC(C)(C)OC(=O)N1CCC(Nc2cccc3c2cc(I)n3CC(F)(F)F)[C@H](F)C1. The molecule has 0 aliphatic carbocycles. The third-order valence-electron chi connectivity index (χ3n) is 4.77. The number of alkyl halides is 4. The molecule has 1 aromatic carbocycles. The number of likely N-dealkylation sites (tertiary alicyclic amines) is 1. The number of carbonyl (C=O) groups is 1. The first-order valence-electron chi connectivity index (χ1n) is 9.57. The average Bonchev–Trinajstić information content (AvgIpc) is 2.90. The van der Waals surface area contributed by atoms with Crippen LogP contribution in [-0.4, -0.2) is 52.6 Å². The summed E-state index contributed by atoms with van der Waals surface area (Å²) in [6.07, 6.45) is -5.87. The molecule has 5 nitrogen and oxygen atoms in total. The zero-order valence-electron chi connectivity index (χ0n) is 16.9. The van der Waals surface area contributed by atoms with E-state index in [0.29, 0.717) is 33.3 Å². The number of fused-ring (bicyclic) bond motifs is 1. The predicted octanol–water partition coefficient (Wildman–Crippen LogP) is 5.57. The van der Waals surface area contributed by atoms with Gasteiger partial charge in [0.05, 0.1) is 21.8 Å². The van der Waals surface area contributed by atoms with Crippen molar-refractivity contribution in [2.24, 2.45) is 0 Å². The Balaban J connectivity index is 1.74. The van der Waals surface area contributed by atoms with Gasteiger partial charge in [0, 0.05) is 17.6 Å². The molecule has 1 N–H and O–H groups in total. The summed E-state index contributed by atoms with van der Waals surface area (Å²) in [6, 6.07) is 6.09. The number of hydrogen-bond donors (Lipinski definition) is 1. The molecule has 30 heavy (non-hydrogen) atoms. The molecule has 0 bridgehead atoms. The first-order chi connectivity index (χ1) is 13.8. The van der Waals surface area contributed by atoms with Crippen molar-refractivity contribution >= 4 is 45.3 Å². The van der Waals surface area contributed by atoms with E-state index in [-0.39, 0.29) is 6.54 Å². The molecule has 1 fully saturated rings. The van der Waals surface area contributed by atoms with E-state index in [9.17, 15) is 22.4 Å². The smallest absolute Gasteiger partial charge is 0.410 e. The number of ether oxygens (including phenoxy) is 1. The number of aromatic nitrogens is 1. The van der Waals surface area contributed by atoms with Gasteiger partial charge in [-0.1, -0.05) is 6.07 Å². The third-order valence-corrected chi connectivity index (χ3v) is 5.66. The molecule has 10 heteroatoms. The Labute approximate surface area is 185 Å². The van der Waals surface area contributed by atoms with Crippen molar-refractivity contribution in [2.45, 2.75) is 57.7 Å². The second kappa shape index (κ2) is 8.43. The molecule has 2 heterocycles. The molecular formula is C20H24F4IN3O2. The molecule has 0 radical (unpaired) electrons. The summed E-state index contributed by atoms with van der Waals surface area (Å²) >= 11 is 1.87. The molecule has 1 aliphatic heterocycles. The van der Waals surface area contributed by atoms with Crippen LogP contribution in [0.1, 0.15) is 27.2 Å². The molecule has 166 valence electrons. The summed E-state index contributed by atoms with van der Waals surface area (Å²) in [6.45, 7) is 4.39. The lowest BCUT2D eigenvalue weighted by molar-refractivity contribution is -0.140. The van der Waals surface area contributed by atoms with Crippen LogP contribution < -0.4 is 5.32 Å². The van der Waals surface area contributed by atoms with Gasteiger partial charge in [0.2, 0.25) is 0 Å². The number of hydrogen-bond acceptors (Lipinski definition) is 3. The Morgan fingerprint density at radius 3 is 2.60 bits per heavy atom. The number of amides is 1. The van der Waals surface area contributed by atoms with Gasteiger partial charge < -0.3 is 19.5 Å². The van der Waals surface area contributed by atoms with E-state index >= 15 is 0 Å². The Kier molecular flexibility index (Phi) is 6.45. The Bertz CT molecular complexity index is 923. The van der Waals surface area contributed by atoms with Gasteiger partial charge in [0.25, 0.3) is 0 Å². The minimum atomic E-state index is -4.34. The van der Waals surface area contributed by atoms with E-state index in [1.165, 1.54) is 9.47 Å². The van der Waals surface area contributed by atoms with Crippen LogP contribution in [0.3, 0.4) is 0 Å². The van der Waals surface area contributed by atoms with Gasteiger partial charge in [-0.15, -0.1) is 0 Å². The van der Waals surface area contributed by atoms with Gasteiger partial charge in [0.1, 0.15) is 18.3 Å². The highest BCUT2D eigenvalue weighted by atomic mass is 127. The van der Waals surface area contributed by atoms with Gasteiger partial charge in [0.15, 0.2) is 0 Å². The molecule has 1 amide bonds. The summed E-state index contributed by atoms with van der Waals surface area (Å²) < 4.78 is 60.5. The van der Waals surface area contributed by atoms with Crippen LogP contribution in [-0.2, 0) is 11.3 Å². The van der Waals surface area contributed by atoms with Crippen molar-refractivity contribution in [3.63, 3.8) is 0 Å². The van der Waals surface area contributed by atoms with Gasteiger partial charge in [-0.05, 0) is 68.0 Å². The highest BCUT2D eigenvalue weighted by Crippen LogP contribution is 2.32. The van der Waals surface area contributed by atoms with Crippen molar-refractivity contribution in [1.29, 1.82) is 0 Å². The van der Waals surface area contributed by atoms with Crippen LogP contribution >= 0.6 is 22.6 Å². The lowest BCUT2D eigenvalue weighted by atomic mass is 10.0. The summed E-state index contributed by atoms with van der Waals surface area (Å²) in [5, 5.41) is 3.74. The zero-order chi connectivity index (χ0) is 22.3. The van der Waals surface area contributed by atoms with Crippen LogP contribution in [0.5, 0.6) is 0 Å². The van der Waals surface area contributed by atoms with E-state index in [1.807, 2.05) is 22.6 Å². The van der Waals surface area contributed by atoms with Crippen LogP contribution in [0, 0.1) is 3.70 Å². The Morgan fingerprint density at radius 2 is 2.00 bits per heavy atom. The fraction of sp³-hybridized carbons (Fsp3) is 0.550. The summed E-state index contributed by atoms with van der Waals surface area (Å²) in [4.78, 5) is 13.5. The number of piperidine rings is 1. The molecule has 0 saturated carbocycles. The van der Waals surface area contributed by atoms with Crippen LogP contribution in [0.2, 0.25) is 0 Å². The first kappa shape index (κ1) is 23.0. The number of benzene rings is 1. The number of halogens is 5. The number of nitrogens with zero attached hydrogens (tertiary/aromatic N) is 2. The van der Waals surface area contributed by atoms with Gasteiger partial charge in [-0.2, -0.15) is 13.2 Å². The lowest BCUT2D eigenvalue weighted by Gasteiger charge is -2.36. The van der Waals surface area contributed by atoms with Crippen LogP contribution in [0.4, 0.5) is 28.0 Å². The number of nitrogens with one attached hydrogen (secondary N) is 1. The van der Waals surface area contributed by atoms with Crippen LogP contribution in [0.25, 0.3) is 10.9 Å². The highest BCUT2D eigenvalue weighted by molar-refractivity contribution is 14.1. The van der Waals surface area contributed by atoms with E-state index in [1.54, 1.807) is 45.0 Å². The molecular weight excluding hydrogens is 517 g/mol. The zero-order valence-corrected chi connectivity index (χ0v) is 19.1. The maximum atomic E-state index is 14.8. The lowest BCUT2D eigenvalue weighted by Crippen LogP contribution is -2.51. The maximum absolute atomic E-state index is 14.8. The number of carbonyl (C=O) groups excluding carboxylic acids is 1. The largest absolute Gasteiger partial charge is 0.444 e. The predicted molar refractivity (Wildman–Crippen MR) is 115 cm³/mol. The minimum Gasteiger partial charge on any atom is -0.444 e. The molecule has 1 unspecified atom stereocenters. The van der Waals surface area contributed by atoms with Crippen LogP contribution in [0.15, 0.2) is 24.3 Å². The minimum absolute atomic E-state index is 0.102. The normalized spacial score (nSPS) is 20.5. The highest BCUT2D eigenvalue weighted by Gasteiger charge is 2.34. The van der Waals surface area contributed by atoms with Gasteiger partial charge in [-0.3, -0.25) is 0 Å². The molecule has 1 aromatic heterocycles. The van der Waals surface area contributed by atoms with E-state index in [2.05, 4.69) is 5.32 Å². The second-order valence-electron chi connectivity index (χ2n) is 8.39. The molecule has 2 aromatic rings. The van der Waals surface area contributed by atoms with Gasteiger partial charge in [-0.25, -0.2) is 9.18 Å². The van der Waals surface area contributed by atoms with E-state index in [4.69, 9.17) is 4.74 Å². The molecule has 1 saturated heterocycles. The number of anilines is 1.